The van der Waals surface area contributed by atoms with Crippen LogP contribution in [-0.4, -0.2) is 52.1 Å². The van der Waals surface area contributed by atoms with Crippen LogP contribution >= 0.6 is 11.3 Å². The van der Waals surface area contributed by atoms with E-state index >= 15 is 0 Å². The molecule has 2 aliphatic carbocycles. The molecule has 0 spiro atoms. The van der Waals surface area contributed by atoms with Crippen LogP contribution in [0.5, 0.6) is 0 Å². The highest BCUT2D eigenvalue weighted by molar-refractivity contribution is 7.92. The molecule has 0 saturated heterocycles. The van der Waals surface area contributed by atoms with E-state index in [0.29, 0.717) is 40.7 Å². The van der Waals surface area contributed by atoms with Gasteiger partial charge in [0.05, 0.1) is 26.1 Å². The molecule has 9 nitrogen and oxygen atoms in total. The Morgan fingerprint density at radius 3 is 2.50 bits per heavy atom. The smallest absolute Gasteiger partial charge is 0.213 e. The lowest BCUT2D eigenvalue weighted by atomic mass is 9.86. The monoisotopic (exact) mass is 559 g/mol. The van der Waals surface area contributed by atoms with Crippen LogP contribution < -0.4 is 10.6 Å². The lowest BCUT2D eigenvalue weighted by Gasteiger charge is -2.30. The van der Waals surface area contributed by atoms with Crippen LogP contribution in [0.2, 0.25) is 0 Å². The number of aliphatic hydroxyl groups excluding tert-OH is 1. The molecule has 0 bridgehead atoms. The molecule has 2 fully saturated rings. The molecule has 5 rings (SSSR count). The fraction of sp³-hybridized carbons (Fsp3) is 0.556. The molecule has 0 amide bonds. The number of aryl methyl sites for hydroxylation is 2. The molecule has 0 radical (unpaired) electrons. The van der Waals surface area contributed by atoms with Gasteiger partial charge in [-0.05, 0) is 71.4 Å². The number of aliphatic hydroxyl groups is 1. The number of nitrogens with one attached hydrogen (secondary N) is 2. The first-order valence-electron chi connectivity index (χ1n) is 13.3. The van der Waals surface area contributed by atoms with E-state index in [1.165, 1.54) is 0 Å². The van der Waals surface area contributed by atoms with Crippen LogP contribution in [0.4, 0.5) is 11.5 Å². The highest BCUT2D eigenvalue weighted by Crippen LogP contribution is 2.43. The number of rotatable bonds is 10. The molecule has 3 N–H and O–H groups in total. The second-order valence-corrected chi connectivity index (χ2v) is 13.9. The minimum atomic E-state index is -3.44. The summed E-state index contributed by atoms with van der Waals surface area (Å²) < 4.78 is 34.1. The number of anilines is 2. The molecule has 2 heterocycles. The van der Waals surface area contributed by atoms with Crippen molar-refractivity contribution in [1.29, 1.82) is 0 Å². The number of benzene rings is 1. The van der Waals surface area contributed by atoms with Crippen LogP contribution in [0.3, 0.4) is 0 Å². The van der Waals surface area contributed by atoms with E-state index in [2.05, 4.69) is 15.7 Å². The number of ether oxygens (including phenoxy) is 1. The van der Waals surface area contributed by atoms with Gasteiger partial charge in [-0.1, -0.05) is 6.07 Å². The summed E-state index contributed by atoms with van der Waals surface area (Å²) in [4.78, 5) is 5.97. The van der Waals surface area contributed by atoms with E-state index in [-0.39, 0.29) is 17.4 Å². The second kappa shape index (κ2) is 11.1. The maximum atomic E-state index is 13.5. The van der Waals surface area contributed by atoms with Crippen molar-refractivity contribution in [1.82, 2.24) is 20.1 Å². The molecule has 1 unspecified atom stereocenters. The Balaban J connectivity index is 1.33. The van der Waals surface area contributed by atoms with Gasteiger partial charge in [0.15, 0.2) is 15.7 Å². The number of sulfone groups is 1. The van der Waals surface area contributed by atoms with E-state index in [9.17, 15) is 13.5 Å². The summed E-state index contributed by atoms with van der Waals surface area (Å²) in [6.45, 7) is 5.77. The Morgan fingerprint density at radius 2 is 1.87 bits per heavy atom. The fourth-order valence-electron chi connectivity index (χ4n) is 4.97. The molecule has 1 aromatic carbocycles. The van der Waals surface area contributed by atoms with Crippen LogP contribution in [0.1, 0.15) is 69.0 Å². The van der Waals surface area contributed by atoms with Crippen molar-refractivity contribution >= 4 is 32.7 Å². The number of aromatic nitrogens is 3. The first-order valence-corrected chi connectivity index (χ1v) is 15.7. The first kappa shape index (κ1) is 27.3. The van der Waals surface area contributed by atoms with Crippen molar-refractivity contribution < 1.29 is 18.3 Å². The third-order valence-corrected chi connectivity index (χ3v) is 10.8. The third-order valence-electron chi connectivity index (χ3n) is 7.28. The quantitative estimate of drug-likeness (QED) is 0.302. The zero-order chi connectivity index (χ0) is 27.0. The minimum absolute atomic E-state index is 0.0414. The highest BCUT2D eigenvalue weighted by Gasteiger charge is 2.39. The van der Waals surface area contributed by atoms with Crippen LogP contribution in [-0.2, 0) is 21.6 Å². The van der Waals surface area contributed by atoms with E-state index in [0.717, 1.165) is 41.3 Å². The topological polar surface area (TPSA) is 118 Å². The van der Waals surface area contributed by atoms with E-state index in [4.69, 9.17) is 9.72 Å². The Morgan fingerprint density at radius 1 is 1.13 bits per heavy atom. The van der Waals surface area contributed by atoms with Gasteiger partial charge >= 0.3 is 0 Å². The summed E-state index contributed by atoms with van der Waals surface area (Å²) in [5.41, 5.74) is 2.43. The Labute approximate surface area is 228 Å². The molecular formula is C27H37N5O4S2. The summed E-state index contributed by atoms with van der Waals surface area (Å²) in [7, 11) is -1.56. The fourth-order valence-corrected chi connectivity index (χ4v) is 8.06. The van der Waals surface area contributed by atoms with Gasteiger partial charge in [0.25, 0.3) is 0 Å². The summed E-state index contributed by atoms with van der Waals surface area (Å²) in [5, 5.41) is 21.6. The molecular weight excluding hydrogens is 522 g/mol. The van der Waals surface area contributed by atoms with Crippen LogP contribution in [0.15, 0.2) is 35.4 Å². The normalized spacial score (nSPS) is 21.1. The molecule has 1 atom stereocenters. The summed E-state index contributed by atoms with van der Waals surface area (Å²) in [6, 6.07) is 7.68. The predicted octanol–water partition coefficient (Wildman–Crippen LogP) is 4.85. The molecule has 2 aliphatic rings. The van der Waals surface area contributed by atoms with Gasteiger partial charge in [0.1, 0.15) is 0 Å². The SMILES string of the molecule is Cc1cc(Nc2ccc(-c3cnc(C4CCC(NC(O)OC(C)C)CC4)s3)c(S(=O)(=O)C3CC3)c2)nn1C. The Bertz CT molecular complexity index is 1350. The van der Waals surface area contributed by atoms with Crippen molar-refractivity contribution in [3.63, 3.8) is 0 Å². The molecule has 2 saturated carbocycles. The number of hydrogen-bond donors (Lipinski definition) is 3. The summed E-state index contributed by atoms with van der Waals surface area (Å²) in [6.07, 6.45) is 6.01. The Hall–Kier alpha value is -2.31. The molecule has 206 valence electrons. The van der Waals surface area contributed by atoms with E-state index < -0.39 is 16.3 Å². The van der Waals surface area contributed by atoms with Gasteiger partial charge < -0.3 is 15.2 Å². The maximum absolute atomic E-state index is 13.5. The maximum Gasteiger partial charge on any atom is 0.213 e. The molecule has 0 aliphatic heterocycles. The van der Waals surface area contributed by atoms with E-state index in [1.54, 1.807) is 22.1 Å². The summed E-state index contributed by atoms with van der Waals surface area (Å²) >= 11 is 1.59. The van der Waals surface area contributed by atoms with Crippen molar-refractivity contribution in [3.8, 4) is 10.4 Å². The standard InChI is InChI=1S/C27H37N5O4S2/c1-16(2)36-27(33)30-19-7-5-18(6-8-19)26-28-15-23(37-26)22-12-9-20(29-25-13-17(3)32(4)31-25)14-24(22)38(34,35)21-10-11-21/h9,12-16,18-19,21,27,30,33H,5-8,10-11H2,1-4H3,(H,29,31). The van der Waals surface area contributed by atoms with Gasteiger partial charge in [0.2, 0.25) is 6.41 Å². The predicted molar refractivity (Wildman–Crippen MR) is 149 cm³/mol. The first-order chi connectivity index (χ1) is 18.1. The van der Waals surface area contributed by atoms with Gasteiger partial charge in [-0.25, -0.2) is 13.4 Å². The lowest BCUT2D eigenvalue weighted by Crippen LogP contribution is -2.42. The van der Waals surface area contributed by atoms with Gasteiger partial charge in [-0.2, -0.15) is 5.10 Å². The zero-order valence-electron chi connectivity index (χ0n) is 22.3. The van der Waals surface area contributed by atoms with Gasteiger partial charge in [-0.3, -0.25) is 10.00 Å². The van der Waals surface area contributed by atoms with Gasteiger partial charge in [0, 0.05) is 48.2 Å². The lowest BCUT2D eigenvalue weighted by molar-refractivity contribution is -0.150. The summed E-state index contributed by atoms with van der Waals surface area (Å²) in [5.74, 6) is 1.01. The Kier molecular flexibility index (Phi) is 7.93. The van der Waals surface area contributed by atoms with Crippen molar-refractivity contribution in [2.75, 3.05) is 5.32 Å². The molecule has 11 heteroatoms. The number of nitrogens with zero attached hydrogens (tertiary/aromatic N) is 3. The highest BCUT2D eigenvalue weighted by atomic mass is 32.2. The van der Waals surface area contributed by atoms with Crippen LogP contribution in [0.25, 0.3) is 10.4 Å². The van der Waals surface area contributed by atoms with Crippen molar-refractivity contribution in [3.05, 3.63) is 41.2 Å². The largest absolute Gasteiger partial charge is 0.356 e. The van der Waals surface area contributed by atoms with Crippen molar-refractivity contribution in [2.24, 2.45) is 7.05 Å². The van der Waals surface area contributed by atoms with E-state index in [1.807, 2.05) is 52.2 Å². The average Bonchev–Trinajstić information content (AvgIpc) is 3.54. The molecule has 3 aromatic rings. The molecule has 2 aromatic heterocycles. The minimum Gasteiger partial charge on any atom is -0.356 e. The number of thiazole rings is 1. The van der Waals surface area contributed by atoms with Crippen LogP contribution in [0, 0.1) is 6.92 Å². The van der Waals surface area contributed by atoms with Crippen molar-refractivity contribution in [2.45, 2.75) is 93.9 Å². The average molecular weight is 560 g/mol. The second-order valence-electron chi connectivity index (χ2n) is 10.7. The zero-order valence-corrected chi connectivity index (χ0v) is 24.0. The van der Waals surface area contributed by atoms with Gasteiger partial charge in [-0.15, -0.1) is 11.3 Å². The third kappa shape index (κ3) is 6.12. The number of hydrogen-bond acceptors (Lipinski definition) is 9. The molecule has 38 heavy (non-hydrogen) atoms.